The standard InChI is InChI=1S/C17H19NO2/c18-11-17(12-19-13-17)10-14-6-8-16(9-7-14)20-15-4-2-1-3-5-15/h1-9H,10-13,18H2. The summed E-state index contributed by atoms with van der Waals surface area (Å²) in [5.41, 5.74) is 7.26. The normalized spacial score (nSPS) is 16.4. The minimum absolute atomic E-state index is 0.141. The van der Waals surface area contributed by atoms with Crippen LogP contribution in [0.1, 0.15) is 5.56 Å². The van der Waals surface area contributed by atoms with Gasteiger partial charge in [0.2, 0.25) is 0 Å². The fraction of sp³-hybridized carbons (Fsp3) is 0.294. The molecule has 0 bridgehead atoms. The lowest BCUT2D eigenvalue weighted by atomic mass is 9.80. The second-order valence-electron chi connectivity index (χ2n) is 5.43. The molecule has 104 valence electrons. The van der Waals surface area contributed by atoms with E-state index in [1.165, 1.54) is 5.56 Å². The summed E-state index contributed by atoms with van der Waals surface area (Å²) in [6.07, 6.45) is 0.967. The SMILES string of the molecule is NCC1(Cc2ccc(Oc3ccccc3)cc2)COC1. The number of benzene rings is 2. The van der Waals surface area contributed by atoms with Crippen LogP contribution in [0.4, 0.5) is 0 Å². The van der Waals surface area contributed by atoms with E-state index in [0.29, 0.717) is 6.54 Å². The van der Waals surface area contributed by atoms with E-state index in [-0.39, 0.29) is 5.41 Å². The van der Waals surface area contributed by atoms with Crippen LogP contribution in [0.25, 0.3) is 0 Å². The van der Waals surface area contributed by atoms with Crippen LogP contribution in [0.3, 0.4) is 0 Å². The van der Waals surface area contributed by atoms with Gasteiger partial charge in [0, 0.05) is 12.0 Å². The van der Waals surface area contributed by atoms with E-state index < -0.39 is 0 Å². The molecule has 3 heteroatoms. The fourth-order valence-electron chi connectivity index (χ4n) is 2.42. The monoisotopic (exact) mass is 269 g/mol. The van der Waals surface area contributed by atoms with E-state index in [9.17, 15) is 0 Å². The highest BCUT2D eigenvalue weighted by Crippen LogP contribution is 2.31. The van der Waals surface area contributed by atoms with Crippen LogP contribution in [0.5, 0.6) is 11.5 Å². The number of ether oxygens (including phenoxy) is 2. The van der Waals surface area contributed by atoms with Gasteiger partial charge in [0.05, 0.1) is 13.2 Å². The highest BCUT2D eigenvalue weighted by molar-refractivity contribution is 5.33. The molecule has 2 aromatic rings. The highest BCUT2D eigenvalue weighted by atomic mass is 16.5. The predicted octanol–water partition coefficient (Wildman–Crippen LogP) is 3.00. The maximum absolute atomic E-state index is 5.84. The van der Waals surface area contributed by atoms with Gasteiger partial charge in [0.25, 0.3) is 0 Å². The van der Waals surface area contributed by atoms with Gasteiger partial charge in [-0.1, -0.05) is 30.3 Å². The quantitative estimate of drug-likeness (QED) is 0.907. The van der Waals surface area contributed by atoms with Crippen molar-refractivity contribution in [1.82, 2.24) is 0 Å². The molecule has 0 aromatic heterocycles. The summed E-state index contributed by atoms with van der Waals surface area (Å²) in [5.74, 6) is 1.71. The molecule has 0 amide bonds. The average Bonchev–Trinajstić information content (AvgIpc) is 2.46. The van der Waals surface area contributed by atoms with E-state index in [1.54, 1.807) is 0 Å². The molecule has 1 aliphatic heterocycles. The molecule has 2 N–H and O–H groups in total. The summed E-state index contributed by atoms with van der Waals surface area (Å²) in [5, 5.41) is 0. The van der Waals surface area contributed by atoms with Gasteiger partial charge < -0.3 is 15.2 Å². The summed E-state index contributed by atoms with van der Waals surface area (Å²) in [7, 11) is 0. The van der Waals surface area contributed by atoms with Crippen LogP contribution in [-0.2, 0) is 11.2 Å². The van der Waals surface area contributed by atoms with Crippen molar-refractivity contribution in [2.75, 3.05) is 19.8 Å². The molecule has 0 unspecified atom stereocenters. The van der Waals surface area contributed by atoms with Gasteiger partial charge in [0.1, 0.15) is 11.5 Å². The molecule has 20 heavy (non-hydrogen) atoms. The summed E-state index contributed by atoms with van der Waals surface area (Å²) < 4.78 is 11.1. The molecule has 0 radical (unpaired) electrons. The molecule has 0 spiro atoms. The highest BCUT2D eigenvalue weighted by Gasteiger charge is 2.37. The Balaban J connectivity index is 1.65. The van der Waals surface area contributed by atoms with Gasteiger partial charge in [-0.3, -0.25) is 0 Å². The summed E-state index contributed by atoms with van der Waals surface area (Å²) >= 11 is 0. The molecule has 1 fully saturated rings. The van der Waals surface area contributed by atoms with Crippen LogP contribution in [0.15, 0.2) is 54.6 Å². The lowest BCUT2D eigenvalue weighted by molar-refractivity contribution is -0.106. The first-order valence-corrected chi connectivity index (χ1v) is 6.89. The average molecular weight is 269 g/mol. The maximum atomic E-state index is 5.84. The van der Waals surface area contributed by atoms with E-state index in [2.05, 4.69) is 12.1 Å². The van der Waals surface area contributed by atoms with Crippen molar-refractivity contribution in [3.05, 3.63) is 60.2 Å². The first-order chi connectivity index (χ1) is 9.80. The Kier molecular flexibility index (Phi) is 3.72. The number of rotatable bonds is 5. The molecule has 1 heterocycles. The Bertz CT molecular complexity index is 541. The van der Waals surface area contributed by atoms with Crippen molar-refractivity contribution in [1.29, 1.82) is 0 Å². The molecule has 0 saturated carbocycles. The number of hydrogen-bond acceptors (Lipinski definition) is 3. The molecule has 1 saturated heterocycles. The molecular weight excluding hydrogens is 250 g/mol. The largest absolute Gasteiger partial charge is 0.457 e. The topological polar surface area (TPSA) is 44.5 Å². The van der Waals surface area contributed by atoms with E-state index in [0.717, 1.165) is 31.1 Å². The second kappa shape index (κ2) is 5.65. The Labute approximate surface area is 119 Å². The lowest BCUT2D eigenvalue weighted by Gasteiger charge is -2.40. The minimum atomic E-state index is 0.141. The summed E-state index contributed by atoms with van der Waals surface area (Å²) in [6.45, 7) is 2.22. The molecule has 0 aliphatic carbocycles. The van der Waals surface area contributed by atoms with Crippen LogP contribution < -0.4 is 10.5 Å². The predicted molar refractivity (Wildman–Crippen MR) is 79.0 cm³/mol. The van der Waals surface area contributed by atoms with Crippen LogP contribution in [-0.4, -0.2) is 19.8 Å². The molecule has 3 nitrogen and oxygen atoms in total. The molecule has 3 rings (SSSR count). The lowest BCUT2D eigenvalue weighted by Crippen LogP contribution is -2.49. The Morgan fingerprint density at radius 1 is 0.950 bits per heavy atom. The Morgan fingerprint density at radius 3 is 2.15 bits per heavy atom. The number of hydrogen-bond donors (Lipinski definition) is 1. The van der Waals surface area contributed by atoms with Gasteiger partial charge in [-0.2, -0.15) is 0 Å². The summed E-state index contributed by atoms with van der Waals surface area (Å²) in [6, 6.07) is 18.0. The van der Waals surface area contributed by atoms with Crippen molar-refractivity contribution < 1.29 is 9.47 Å². The zero-order valence-electron chi connectivity index (χ0n) is 11.4. The third-order valence-corrected chi connectivity index (χ3v) is 3.73. The zero-order chi connectivity index (χ0) is 13.8. The van der Waals surface area contributed by atoms with Gasteiger partial charge in [0.15, 0.2) is 0 Å². The Hall–Kier alpha value is -1.84. The van der Waals surface area contributed by atoms with Gasteiger partial charge in [-0.05, 0) is 36.2 Å². The third-order valence-electron chi connectivity index (χ3n) is 3.73. The van der Waals surface area contributed by atoms with Crippen LogP contribution >= 0.6 is 0 Å². The van der Waals surface area contributed by atoms with Crippen molar-refractivity contribution in [2.45, 2.75) is 6.42 Å². The van der Waals surface area contributed by atoms with Crippen molar-refractivity contribution in [3.63, 3.8) is 0 Å². The van der Waals surface area contributed by atoms with Crippen LogP contribution in [0, 0.1) is 5.41 Å². The Morgan fingerprint density at radius 2 is 1.60 bits per heavy atom. The minimum Gasteiger partial charge on any atom is -0.457 e. The molecule has 0 atom stereocenters. The van der Waals surface area contributed by atoms with Crippen molar-refractivity contribution >= 4 is 0 Å². The molecular formula is C17H19NO2. The van der Waals surface area contributed by atoms with E-state index in [4.69, 9.17) is 15.2 Å². The summed E-state index contributed by atoms with van der Waals surface area (Å²) in [4.78, 5) is 0. The van der Waals surface area contributed by atoms with Gasteiger partial charge in [-0.15, -0.1) is 0 Å². The fourth-order valence-corrected chi connectivity index (χ4v) is 2.42. The van der Waals surface area contributed by atoms with Gasteiger partial charge >= 0.3 is 0 Å². The molecule has 2 aromatic carbocycles. The van der Waals surface area contributed by atoms with Crippen molar-refractivity contribution in [2.24, 2.45) is 11.1 Å². The number of para-hydroxylation sites is 1. The third kappa shape index (κ3) is 2.84. The van der Waals surface area contributed by atoms with Crippen LogP contribution in [0.2, 0.25) is 0 Å². The maximum Gasteiger partial charge on any atom is 0.127 e. The van der Waals surface area contributed by atoms with Crippen molar-refractivity contribution in [3.8, 4) is 11.5 Å². The zero-order valence-corrected chi connectivity index (χ0v) is 11.4. The number of nitrogens with two attached hydrogens (primary N) is 1. The first-order valence-electron chi connectivity index (χ1n) is 6.89. The smallest absolute Gasteiger partial charge is 0.127 e. The van der Waals surface area contributed by atoms with Gasteiger partial charge in [-0.25, -0.2) is 0 Å². The molecule has 1 aliphatic rings. The van der Waals surface area contributed by atoms with E-state index >= 15 is 0 Å². The first kappa shape index (κ1) is 13.2. The second-order valence-corrected chi connectivity index (χ2v) is 5.43. The van der Waals surface area contributed by atoms with E-state index in [1.807, 2.05) is 42.5 Å².